The van der Waals surface area contributed by atoms with E-state index in [9.17, 15) is 27.9 Å². The second kappa shape index (κ2) is 12.7. The van der Waals surface area contributed by atoms with Gasteiger partial charge >= 0.3 is 5.97 Å². The van der Waals surface area contributed by atoms with Crippen molar-refractivity contribution in [2.75, 3.05) is 14.2 Å². The minimum absolute atomic E-state index is 0.0292. The maximum atomic E-state index is 15.2. The number of benzene rings is 4. The standard InChI is InChI=1S/C31H22F4N2O6S/c1-41-26-20(7-4-8-23(26)43-15-16-5-3-6-18(13-16)31(39)40)30-37(36-28(44-30)17-9-11-19(32)12-10-17)29(38)21-14-22(33)25(35)27(42-2)24(21)34/h3-14,30H,15H2,1-2H3,(H,39,40). The highest BCUT2D eigenvalue weighted by Crippen LogP contribution is 2.48. The Kier molecular flexibility index (Phi) is 8.76. The van der Waals surface area contributed by atoms with Gasteiger partial charge in [0.1, 0.15) is 22.8 Å². The van der Waals surface area contributed by atoms with E-state index < -0.39 is 51.8 Å². The molecule has 1 N–H and O–H groups in total. The number of para-hydroxylation sites is 1. The number of amides is 1. The smallest absolute Gasteiger partial charge is 0.335 e. The summed E-state index contributed by atoms with van der Waals surface area (Å²) in [6, 6.07) is 16.7. The highest BCUT2D eigenvalue weighted by molar-refractivity contribution is 8.14. The summed E-state index contributed by atoms with van der Waals surface area (Å²) in [5.41, 5.74) is 0.590. The van der Waals surface area contributed by atoms with E-state index in [4.69, 9.17) is 9.47 Å². The maximum absolute atomic E-state index is 15.2. The summed E-state index contributed by atoms with van der Waals surface area (Å²) in [7, 11) is 2.30. The van der Waals surface area contributed by atoms with Crippen molar-refractivity contribution >= 4 is 28.7 Å². The molecule has 8 nitrogen and oxygen atoms in total. The third-order valence-electron chi connectivity index (χ3n) is 6.54. The van der Waals surface area contributed by atoms with Crippen LogP contribution >= 0.6 is 11.8 Å². The summed E-state index contributed by atoms with van der Waals surface area (Å²) in [5, 5.41) is 13.7. The highest BCUT2D eigenvalue weighted by Gasteiger charge is 2.39. The third-order valence-corrected chi connectivity index (χ3v) is 7.76. The first-order chi connectivity index (χ1) is 21.1. The summed E-state index contributed by atoms with van der Waals surface area (Å²) in [6.45, 7) is -0.0292. The zero-order chi connectivity index (χ0) is 31.5. The lowest BCUT2D eigenvalue weighted by atomic mass is 10.1. The van der Waals surface area contributed by atoms with Gasteiger partial charge in [0.05, 0.1) is 25.3 Å². The number of nitrogens with zero attached hydrogens (tertiary/aromatic N) is 2. The van der Waals surface area contributed by atoms with Crippen LogP contribution in [-0.2, 0) is 6.61 Å². The average Bonchev–Trinajstić information content (AvgIpc) is 3.47. The molecular weight excluding hydrogens is 604 g/mol. The molecule has 0 aliphatic carbocycles. The molecule has 5 rings (SSSR count). The van der Waals surface area contributed by atoms with Crippen LogP contribution in [-0.4, -0.2) is 41.3 Å². The van der Waals surface area contributed by atoms with Crippen molar-refractivity contribution in [3.63, 3.8) is 0 Å². The Morgan fingerprint density at radius 3 is 2.30 bits per heavy atom. The van der Waals surface area contributed by atoms with Crippen molar-refractivity contribution in [2.45, 2.75) is 12.0 Å². The number of carboxylic acids is 1. The van der Waals surface area contributed by atoms with E-state index in [0.29, 0.717) is 22.8 Å². The van der Waals surface area contributed by atoms with Crippen LogP contribution in [0.2, 0.25) is 0 Å². The molecule has 0 radical (unpaired) electrons. The van der Waals surface area contributed by atoms with Gasteiger partial charge in [-0.1, -0.05) is 36.0 Å². The van der Waals surface area contributed by atoms with E-state index in [0.717, 1.165) is 23.9 Å². The van der Waals surface area contributed by atoms with Crippen molar-refractivity contribution in [3.05, 3.63) is 124 Å². The lowest BCUT2D eigenvalue weighted by molar-refractivity contribution is 0.0695. The second-order valence-electron chi connectivity index (χ2n) is 9.27. The molecule has 1 aliphatic heterocycles. The fourth-order valence-electron chi connectivity index (χ4n) is 4.45. The summed E-state index contributed by atoms with van der Waals surface area (Å²) in [4.78, 5) is 25.1. The number of carbonyl (C=O) groups is 2. The molecule has 0 bridgehead atoms. The van der Waals surface area contributed by atoms with Crippen LogP contribution in [0.15, 0.2) is 77.9 Å². The topological polar surface area (TPSA) is 97.7 Å². The molecule has 0 saturated carbocycles. The second-order valence-corrected chi connectivity index (χ2v) is 10.3. The van der Waals surface area contributed by atoms with E-state index in [1.54, 1.807) is 30.3 Å². The van der Waals surface area contributed by atoms with E-state index in [-0.39, 0.29) is 28.7 Å². The molecule has 1 amide bonds. The van der Waals surface area contributed by atoms with Crippen LogP contribution in [0.5, 0.6) is 17.2 Å². The van der Waals surface area contributed by atoms with Crippen molar-refractivity contribution in [3.8, 4) is 17.2 Å². The molecule has 0 saturated heterocycles. The number of hydrogen-bond acceptors (Lipinski definition) is 7. The van der Waals surface area contributed by atoms with Crippen LogP contribution in [0.25, 0.3) is 0 Å². The molecule has 1 atom stereocenters. The molecular formula is C31H22F4N2O6S. The number of carbonyl (C=O) groups excluding carboxylic acids is 1. The number of rotatable bonds is 9. The van der Waals surface area contributed by atoms with Gasteiger partial charge in [0.25, 0.3) is 5.91 Å². The fraction of sp³-hybridized carbons (Fsp3) is 0.129. The number of hydrazone groups is 1. The van der Waals surface area contributed by atoms with Crippen molar-refractivity contribution < 1.29 is 46.5 Å². The monoisotopic (exact) mass is 626 g/mol. The van der Waals surface area contributed by atoms with E-state index in [1.165, 1.54) is 43.5 Å². The summed E-state index contributed by atoms with van der Waals surface area (Å²) in [6.07, 6.45) is 0. The Bertz CT molecular complexity index is 1780. The quantitative estimate of drug-likeness (QED) is 0.162. The van der Waals surface area contributed by atoms with Crippen molar-refractivity contribution in [1.82, 2.24) is 5.01 Å². The van der Waals surface area contributed by atoms with E-state index >= 15 is 4.39 Å². The molecule has 0 aromatic heterocycles. The summed E-state index contributed by atoms with van der Waals surface area (Å²) in [5.74, 6) is -7.89. The van der Waals surface area contributed by atoms with Gasteiger partial charge in [0, 0.05) is 11.1 Å². The van der Waals surface area contributed by atoms with Gasteiger partial charge in [-0.15, -0.1) is 0 Å². The van der Waals surface area contributed by atoms with Gasteiger partial charge in [0.15, 0.2) is 28.9 Å². The van der Waals surface area contributed by atoms with Crippen LogP contribution < -0.4 is 14.2 Å². The minimum atomic E-state index is -1.59. The summed E-state index contributed by atoms with van der Waals surface area (Å²) < 4.78 is 73.6. The number of hydrogen-bond donors (Lipinski definition) is 1. The lowest BCUT2D eigenvalue weighted by Crippen LogP contribution is -2.27. The molecule has 1 aliphatic rings. The highest BCUT2D eigenvalue weighted by atomic mass is 32.2. The Labute approximate surface area is 252 Å². The van der Waals surface area contributed by atoms with Gasteiger partial charge < -0.3 is 19.3 Å². The third kappa shape index (κ3) is 5.91. The SMILES string of the molecule is COc1c(OCc2cccc(C(=O)O)c2)cccc1C1SC(c2ccc(F)cc2)=NN1C(=O)c1cc(F)c(F)c(OC)c1F. The first kappa shape index (κ1) is 30.4. The number of halogens is 4. The van der Waals surface area contributed by atoms with Crippen LogP contribution in [0, 0.1) is 23.3 Å². The number of carboxylic acid groups (broad SMARTS) is 1. The molecule has 1 unspecified atom stereocenters. The molecule has 0 spiro atoms. The molecule has 4 aromatic carbocycles. The van der Waals surface area contributed by atoms with Crippen molar-refractivity contribution in [1.29, 1.82) is 0 Å². The van der Waals surface area contributed by atoms with Crippen LogP contribution in [0.3, 0.4) is 0 Å². The van der Waals surface area contributed by atoms with Crippen LogP contribution in [0.1, 0.15) is 42.8 Å². The van der Waals surface area contributed by atoms with Gasteiger partial charge in [-0.05, 0) is 54.1 Å². The molecule has 44 heavy (non-hydrogen) atoms. The first-order valence-corrected chi connectivity index (χ1v) is 13.7. The van der Waals surface area contributed by atoms with E-state index in [2.05, 4.69) is 9.84 Å². The van der Waals surface area contributed by atoms with Gasteiger partial charge in [-0.25, -0.2) is 23.0 Å². The Balaban J connectivity index is 1.55. The minimum Gasteiger partial charge on any atom is -0.492 e. The number of thioether (sulfide) groups is 1. The lowest BCUT2D eigenvalue weighted by Gasteiger charge is -2.24. The van der Waals surface area contributed by atoms with Gasteiger partial charge in [-0.3, -0.25) is 4.79 Å². The molecule has 0 fully saturated rings. The molecule has 226 valence electrons. The average molecular weight is 627 g/mol. The molecule has 13 heteroatoms. The Morgan fingerprint density at radius 1 is 0.909 bits per heavy atom. The number of aromatic carboxylic acids is 1. The van der Waals surface area contributed by atoms with Crippen LogP contribution in [0.4, 0.5) is 17.6 Å². The Hall–Kier alpha value is -5.04. The zero-order valence-electron chi connectivity index (χ0n) is 23.0. The largest absolute Gasteiger partial charge is 0.492 e. The van der Waals surface area contributed by atoms with Crippen molar-refractivity contribution in [2.24, 2.45) is 5.10 Å². The normalized spacial score (nSPS) is 14.3. The molecule has 1 heterocycles. The van der Waals surface area contributed by atoms with E-state index in [1.807, 2.05) is 0 Å². The predicted molar refractivity (Wildman–Crippen MR) is 153 cm³/mol. The number of methoxy groups -OCH3 is 2. The molecule has 4 aromatic rings. The zero-order valence-corrected chi connectivity index (χ0v) is 23.8. The van der Waals surface area contributed by atoms with Gasteiger partial charge in [-0.2, -0.15) is 9.49 Å². The fourth-order valence-corrected chi connectivity index (χ4v) is 5.62. The predicted octanol–water partition coefficient (Wildman–Crippen LogP) is 6.79. The first-order valence-electron chi connectivity index (χ1n) is 12.8. The number of ether oxygens (including phenoxy) is 3. The Morgan fingerprint density at radius 2 is 1.61 bits per heavy atom. The van der Waals surface area contributed by atoms with Gasteiger partial charge in [0.2, 0.25) is 5.82 Å². The maximum Gasteiger partial charge on any atom is 0.335 e. The summed E-state index contributed by atoms with van der Waals surface area (Å²) >= 11 is 1.05.